The third-order valence-corrected chi connectivity index (χ3v) is 4.44. The standard InChI is InChI=1S/C24H21F2NO4/c1-16(24(29)27-23-19(25)11-7-12-20(23)26)31-22(28)15-30-21-13-6-5-10-18(21)14-17-8-3-2-4-9-17/h2-13,16H,14-15H2,1H3,(H,27,29). The van der Waals surface area contributed by atoms with Crippen molar-refractivity contribution in [1.29, 1.82) is 0 Å². The van der Waals surface area contributed by atoms with Crippen molar-refractivity contribution in [3.8, 4) is 5.75 Å². The Morgan fingerprint density at radius 3 is 2.26 bits per heavy atom. The van der Waals surface area contributed by atoms with E-state index in [9.17, 15) is 18.4 Å². The van der Waals surface area contributed by atoms with Crippen LogP contribution < -0.4 is 10.1 Å². The molecule has 0 aliphatic rings. The molecule has 0 saturated heterocycles. The van der Waals surface area contributed by atoms with E-state index in [0.717, 1.165) is 23.3 Å². The summed E-state index contributed by atoms with van der Waals surface area (Å²) in [4.78, 5) is 24.2. The number of nitrogens with one attached hydrogen (secondary N) is 1. The van der Waals surface area contributed by atoms with Crippen molar-refractivity contribution in [2.24, 2.45) is 0 Å². The van der Waals surface area contributed by atoms with Crippen molar-refractivity contribution in [3.05, 3.63) is 95.6 Å². The molecule has 0 spiro atoms. The topological polar surface area (TPSA) is 64.6 Å². The second-order valence-electron chi connectivity index (χ2n) is 6.78. The van der Waals surface area contributed by atoms with Crippen LogP contribution in [0.5, 0.6) is 5.75 Å². The number of rotatable bonds is 8. The molecule has 0 aliphatic heterocycles. The van der Waals surface area contributed by atoms with E-state index in [-0.39, 0.29) is 0 Å². The van der Waals surface area contributed by atoms with Crippen LogP contribution in [-0.2, 0) is 20.7 Å². The molecule has 1 atom stereocenters. The van der Waals surface area contributed by atoms with E-state index in [0.29, 0.717) is 12.2 Å². The van der Waals surface area contributed by atoms with E-state index in [2.05, 4.69) is 5.32 Å². The largest absolute Gasteiger partial charge is 0.482 e. The number of carbonyl (C=O) groups is 2. The Kier molecular flexibility index (Phi) is 7.32. The molecular formula is C24H21F2NO4. The number of anilines is 1. The van der Waals surface area contributed by atoms with Gasteiger partial charge in [-0.3, -0.25) is 4.79 Å². The average Bonchev–Trinajstić information content (AvgIpc) is 2.76. The van der Waals surface area contributed by atoms with Gasteiger partial charge in [0, 0.05) is 6.42 Å². The van der Waals surface area contributed by atoms with E-state index in [1.165, 1.54) is 13.0 Å². The molecule has 0 bridgehead atoms. The molecule has 3 rings (SSSR count). The van der Waals surface area contributed by atoms with E-state index in [1.807, 2.05) is 42.5 Å². The number of ether oxygens (including phenoxy) is 2. The lowest BCUT2D eigenvalue weighted by atomic mass is 10.0. The highest BCUT2D eigenvalue weighted by Gasteiger charge is 2.21. The van der Waals surface area contributed by atoms with Gasteiger partial charge in [-0.25, -0.2) is 13.6 Å². The molecule has 7 heteroatoms. The molecule has 0 fully saturated rings. The third kappa shape index (κ3) is 6.12. The van der Waals surface area contributed by atoms with Crippen LogP contribution in [0.1, 0.15) is 18.1 Å². The monoisotopic (exact) mass is 425 g/mol. The van der Waals surface area contributed by atoms with Gasteiger partial charge >= 0.3 is 5.97 Å². The summed E-state index contributed by atoms with van der Waals surface area (Å²) >= 11 is 0. The van der Waals surface area contributed by atoms with Gasteiger partial charge in [-0.2, -0.15) is 0 Å². The second kappa shape index (κ2) is 10.3. The zero-order chi connectivity index (χ0) is 22.2. The average molecular weight is 425 g/mol. The van der Waals surface area contributed by atoms with Crippen molar-refractivity contribution in [2.45, 2.75) is 19.4 Å². The molecule has 31 heavy (non-hydrogen) atoms. The first-order valence-corrected chi connectivity index (χ1v) is 9.63. The number of halogens is 2. The Labute approximate surface area is 178 Å². The van der Waals surface area contributed by atoms with Crippen LogP contribution in [0.15, 0.2) is 72.8 Å². The summed E-state index contributed by atoms with van der Waals surface area (Å²) in [5.74, 6) is -2.97. The number of hydrogen-bond donors (Lipinski definition) is 1. The number of benzene rings is 3. The molecule has 1 amide bonds. The van der Waals surface area contributed by atoms with Gasteiger partial charge in [-0.1, -0.05) is 54.6 Å². The number of hydrogen-bond acceptors (Lipinski definition) is 4. The maximum atomic E-state index is 13.7. The highest BCUT2D eigenvalue weighted by Crippen LogP contribution is 2.22. The van der Waals surface area contributed by atoms with Gasteiger partial charge in [0.15, 0.2) is 12.7 Å². The van der Waals surface area contributed by atoms with Crippen LogP contribution in [-0.4, -0.2) is 24.6 Å². The Morgan fingerprint density at radius 1 is 0.903 bits per heavy atom. The molecule has 0 radical (unpaired) electrons. The van der Waals surface area contributed by atoms with Gasteiger partial charge in [0.05, 0.1) is 0 Å². The van der Waals surface area contributed by atoms with E-state index in [4.69, 9.17) is 9.47 Å². The zero-order valence-electron chi connectivity index (χ0n) is 16.8. The van der Waals surface area contributed by atoms with Gasteiger partial charge in [0.1, 0.15) is 23.1 Å². The quantitative estimate of drug-likeness (QED) is 0.540. The van der Waals surface area contributed by atoms with Gasteiger partial charge in [-0.05, 0) is 36.2 Å². The molecule has 1 N–H and O–H groups in total. The molecule has 0 saturated carbocycles. The molecule has 1 unspecified atom stereocenters. The highest BCUT2D eigenvalue weighted by molar-refractivity contribution is 5.95. The van der Waals surface area contributed by atoms with Crippen LogP contribution in [0, 0.1) is 11.6 Å². The Morgan fingerprint density at radius 2 is 1.55 bits per heavy atom. The maximum absolute atomic E-state index is 13.7. The van der Waals surface area contributed by atoms with E-state index < -0.39 is 41.9 Å². The molecule has 3 aromatic carbocycles. The van der Waals surface area contributed by atoms with Gasteiger partial charge in [-0.15, -0.1) is 0 Å². The van der Waals surface area contributed by atoms with Crippen molar-refractivity contribution < 1.29 is 27.8 Å². The van der Waals surface area contributed by atoms with Gasteiger partial charge in [0.2, 0.25) is 0 Å². The van der Waals surface area contributed by atoms with E-state index >= 15 is 0 Å². The lowest BCUT2D eigenvalue weighted by Crippen LogP contribution is -2.32. The first-order valence-electron chi connectivity index (χ1n) is 9.63. The minimum Gasteiger partial charge on any atom is -0.482 e. The first kappa shape index (κ1) is 22.0. The first-order chi connectivity index (χ1) is 14.9. The summed E-state index contributed by atoms with van der Waals surface area (Å²) < 4.78 is 37.9. The predicted octanol–water partition coefficient (Wildman–Crippen LogP) is 4.50. The maximum Gasteiger partial charge on any atom is 0.344 e. The molecule has 3 aromatic rings. The fraction of sp³-hybridized carbons (Fsp3) is 0.167. The van der Waals surface area contributed by atoms with E-state index in [1.54, 1.807) is 12.1 Å². The van der Waals surface area contributed by atoms with Crippen molar-refractivity contribution in [2.75, 3.05) is 11.9 Å². The lowest BCUT2D eigenvalue weighted by Gasteiger charge is -2.15. The van der Waals surface area contributed by atoms with Crippen LogP contribution >= 0.6 is 0 Å². The Balaban J connectivity index is 1.55. The molecule has 0 heterocycles. The number of amides is 1. The molecular weight excluding hydrogens is 404 g/mol. The van der Waals surface area contributed by atoms with Crippen LogP contribution in [0.25, 0.3) is 0 Å². The third-order valence-electron chi connectivity index (χ3n) is 4.44. The van der Waals surface area contributed by atoms with Gasteiger partial charge < -0.3 is 14.8 Å². The number of carbonyl (C=O) groups excluding carboxylic acids is 2. The normalized spacial score (nSPS) is 11.5. The minimum atomic E-state index is -1.27. The van der Waals surface area contributed by atoms with Gasteiger partial charge in [0.25, 0.3) is 5.91 Å². The molecule has 0 aliphatic carbocycles. The predicted molar refractivity (Wildman–Crippen MR) is 112 cm³/mol. The summed E-state index contributed by atoms with van der Waals surface area (Å²) in [7, 11) is 0. The minimum absolute atomic E-state index is 0.419. The van der Waals surface area contributed by atoms with Crippen LogP contribution in [0.4, 0.5) is 14.5 Å². The number of para-hydroxylation sites is 2. The Bertz CT molecular complexity index is 1040. The summed E-state index contributed by atoms with van der Waals surface area (Å²) in [5, 5.41) is 2.09. The molecule has 5 nitrogen and oxygen atoms in total. The lowest BCUT2D eigenvalue weighted by molar-refractivity contribution is -0.155. The fourth-order valence-electron chi connectivity index (χ4n) is 2.87. The molecule has 160 valence electrons. The van der Waals surface area contributed by atoms with Crippen LogP contribution in [0.2, 0.25) is 0 Å². The smallest absolute Gasteiger partial charge is 0.344 e. The van der Waals surface area contributed by atoms with Crippen molar-refractivity contribution in [3.63, 3.8) is 0 Å². The summed E-state index contributed by atoms with van der Waals surface area (Å²) in [6.45, 7) is 0.882. The SMILES string of the molecule is CC(OC(=O)COc1ccccc1Cc1ccccc1)C(=O)Nc1c(F)cccc1F. The van der Waals surface area contributed by atoms with Crippen LogP contribution in [0.3, 0.4) is 0 Å². The zero-order valence-corrected chi connectivity index (χ0v) is 16.8. The van der Waals surface area contributed by atoms with Crippen molar-refractivity contribution >= 4 is 17.6 Å². The van der Waals surface area contributed by atoms with Crippen molar-refractivity contribution in [1.82, 2.24) is 0 Å². The molecule has 0 aromatic heterocycles. The summed E-state index contributed by atoms with van der Waals surface area (Å²) in [6.07, 6.45) is -0.645. The fourth-order valence-corrected chi connectivity index (χ4v) is 2.87. The summed E-state index contributed by atoms with van der Waals surface area (Å²) in [5.41, 5.74) is 1.38. The summed E-state index contributed by atoms with van der Waals surface area (Å²) in [6, 6.07) is 20.3. The number of esters is 1. The second-order valence-corrected chi connectivity index (χ2v) is 6.78. The highest BCUT2D eigenvalue weighted by atomic mass is 19.1. The Hall–Kier alpha value is -3.74.